The fourth-order valence-electron chi connectivity index (χ4n) is 0.870. The highest BCUT2D eigenvalue weighted by molar-refractivity contribution is 5.84. The van der Waals surface area contributed by atoms with Gasteiger partial charge in [0.15, 0.2) is 0 Å². The Labute approximate surface area is 67.0 Å². The van der Waals surface area contributed by atoms with Crippen LogP contribution in [0.4, 0.5) is 0 Å². The fourth-order valence-corrected chi connectivity index (χ4v) is 0.870. The van der Waals surface area contributed by atoms with Gasteiger partial charge in [-0.3, -0.25) is 4.79 Å². The summed E-state index contributed by atoms with van der Waals surface area (Å²) < 4.78 is 0. The highest BCUT2D eigenvalue weighted by Gasteiger charge is 2.33. The summed E-state index contributed by atoms with van der Waals surface area (Å²) in [7, 11) is 0. The van der Waals surface area contributed by atoms with E-state index in [1.54, 1.807) is 20.8 Å². The van der Waals surface area contributed by atoms with E-state index in [0.717, 1.165) is 0 Å². The Morgan fingerprint density at radius 1 is 1.55 bits per heavy atom. The van der Waals surface area contributed by atoms with Crippen molar-refractivity contribution in [1.82, 2.24) is 0 Å². The summed E-state index contributed by atoms with van der Waals surface area (Å²) in [5.74, 6) is -0.0287. The van der Waals surface area contributed by atoms with Crippen LogP contribution in [0.3, 0.4) is 0 Å². The van der Waals surface area contributed by atoms with Gasteiger partial charge in [-0.15, -0.1) is 0 Å². The molecule has 0 aromatic heterocycles. The van der Waals surface area contributed by atoms with E-state index in [9.17, 15) is 9.90 Å². The van der Waals surface area contributed by atoms with Crippen LogP contribution in [-0.4, -0.2) is 28.7 Å². The summed E-state index contributed by atoms with van der Waals surface area (Å²) in [4.78, 5) is 11.2. The normalized spacial score (nSPS) is 14.6. The molecule has 11 heavy (non-hydrogen) atoms. The molecule has 0 heterocycles. The molecule has 0 aliphatic carbocycles. The van der Waals surface area contributed by atoms with Crippen molar-refractivity contribution in [2.24, 2.45) is 5.41 Å². The first kappa shape index (κ1) is 10.6. The van der Waals surface area contributed by atoms with Crippen LogP contribution in [0.5, 0.6) is 0 Å². The lowest BCUT2D eigenvalue weighted by Crippen LogP contribution is -2.39. The van der Waals surface area contributed by atoms with Crippen LogP contribution >= 0.6 is 0 Å². The Morgan fingerprint density at radius 2 is 2.00 bits per heavy atom. The zero-order chi connectivity index (χ0) is 9.07. The summed E-state index contributed by atoms with van der Waals surface area (Å²) in [6, 6.07) is 0. The van der Waals surface area contributed by atoms with Gasteiger partial charge in [0.25, 0.3) is 0 Å². The van der Waals surface area contributed by atoms with Gasteiger partial charge < -0.3 is 10.2 Å². The van der Waals surface area contributed by atoms with Crippen LogP contribution in [0.1, 0.15) is 27.2 Å². The Hall–Kier alpha value is -0.410. The van der Waals surface area contributed by atoms with Gasteiger partial charge in [-0.25, -0.2) is 0 Å². The van der Waals surface area contributed by atoms with Crippen LogP contribution < -0.4 is 0 Å². The molecule has 3 nitrogen and oxygen atoms in total. The van der Waals surface area contributed by atoms with Crippen LogP contribution in [0.2, 0.25) is 0 Å². The topological polar surface area (TPSA) is 57.5 Å². The fraction of sp³-hybridized carbons (Fsp3) is 0.875. The predicted octanol–water partition coefficient (Wildman–Crippen LogP) is 0.345. The van der Waals surface area contributed by atoms with Crippen molar-refractivity contribution in [1.29, 1.82) is 0 Å². The Morgan fingerprint density at radius 3 is 2.27 bits per heavy atom. The van der Waals surface area contributed by atoms with Crippen molar-refractivity contribution in [2.45, 2.75) is 33.3 Å². The molecule has 0 bridgehead atoms. The highest BCUT2D eigenvalue weighted by Crippen LogP contribution is 2.22. The largest absolute Gasteiger partial charge is 0.394 e. The van der Waals surface area contributed by atoms with Gasteiger partial charge >= 0.3 is 0 Å². The SMILES string of the molecule is CCC(=O)C(C)(C)C(O)CO. The summed E-state index contributed by atoms with van der Waals surface area (Å²) in [6.45, 7) is 4.66. The minimum atomic E-state index is -0.949. The molecule has 0 rings (SSSR count). The number of ketones is 1. The Bertz CT molecular complexity index is 140. The van der Waals surface area contributed by atoms with Gasteiger partial charge in [0, 0.05) is 6.42 Å². The van der Waals surface area contributed by atoms with Crippen molar-refractivity contribution in [3.05, 3.63) is 0 Å². The lowest BCUT2D eigenvalue weighted by Gasteiger charge is -2.26. The third-order valence-corrected chi connectivity index (χ3v) is 2.05. The van der Waals surface area contributed by atoms with Crippen molar-refractivity contribution < 1.29 is 15.0 Å². The lowest BCUT2D eigenvalue weighted by atomic mass is 9.81. The molecule has 2 N–H and O–H groups in total. The molecule has 0 saturated heterocycles. The Balaban J connectivity index is 4.31. The number of carbonyl (C=O) groups is 1. The van der Waals surface area contributed by atoms with Crippen molar-refractivity contribution in [2.75, 3.05) is 6.61 Å². The summed E-state index contributed by atoms with van der Waals surface area (Å²) in [5, 5.41) is 17.8. The predicted molar refractivity (Wildman–Crippen MR) is 42.2 cm³/mol. The zero-order valence-corrected chi connectivity index (χ0v) is 7.29. The molecular weight excluding hydrogens is 144 g/mol. The van der Waals surface area contributed by atoms with Gasteiger partial charge in [-0.1, -0.05) is 20.8 Å². The number of rotatable bonds is 4. The van der Waals surface area contributed by atoms with Crippen molar-refractivity contribution in [3.8, 4) is 0 Å². The van der Waals surface area contributed by atoms with Crippen LogP contribution in [0.15, 0.2) is 0 Å². The molecular formula is C8H16O3. The van der Waals surface area contributed by atoms with Gasteiger partial charge in [0.2, 0.25) is 0 Å². The van der Waals surface area contributed by atoms with E-state index in [0.29, 0.717) is 6.42 Å². The molecule has 0 aliphatic heterocycles. The molecule has 0 aromatic carbocycles. The first-order chi connectivity index (χ1) is 4.96. The molecule has 0 radical (unpaired) electrons. The first-order valence-electron chi connectivity index (χ1n) is 3.79. The monoisotopic (exact) mass is 160 g/mol. The summed E-state index contributed by atoms with van der Waals surface area (Å²) in [6.07, 6.45) is -0.556. The van der Waals surface area contributed by atoms with Crippen molar-refractivity contribution >= 4 is 5.78 Å². The average molecular weight is 160 g/mol. The molecule has 0 spiro atoms. The van der Waals surface area contributed by atoms with Crippen molar-refractivity contribution in [3.63, 3.8) is 0 Å². The third kappa shape index (κ3) is 2.27. The van der Waals surface area contributed by atoms with Gasteiger partial charge in [-0.05, 0) is 0 Å². The molecule has 0 fully saturated rings. The molecule has 3 heteroatoms. The lowest BCUT2D eigenvalue weighted by molar-refractivity contribution is -0.134. The number of aliphatic hydroxyl groups excluding tert-OH is 2. The van der Waals surface area contributed by atoms with E-state index in [2.05, 4.69) is 0 Å². The second-order valence-electron chi connectivity index (χ2n) is 3.20. The zero-order valence-electron chi connectivity index (χ0n) is 7.29. The second kappa shape index (κ2) is 3.83. The minimum absolute atomic E-state index is 0.0287. The van der Waals surface area contributed by atoms with Crippen LogP contribution in [0.25, 0.3) is 0 Å². The number of carbonyl (C=O) groups excluding carboxylic acids is 1. The number of hydrogen-bond donors (Lipinski definition) is 2. The summed E-state index contributed by atoms with van der Waals surface area (Å²) in [5.41, 5.74) is -0.816. The van der Waals surface area contributed by atoms with E-state index in [-0.39, 0.29) is 12.4 Å². The molecule has 66 valence electrons. The maximum absolute atomic E-state index is 11.2. The average Bonchev–Trinajstić information content (AvgIpc) is 2.01. The van der Waals surface area contributed by atoms with E-state index >= 15 is 0 Å². The van der Waals surface area contributed by atoms with Gasteiger partial charge in [0.1, 0.15) is 5.78 Å². The smallest absolute Gasteiger partial charge is 0.140 e. The summed E-state index contributed by atoms with van der Waals surface area (Å²) >= 11 is 0. The van der Waals surface area contributed by atoms with Gasteiger partial charge in [0.05, 0.1) is 18.1 Å². The molecule has 0 amide bonds. The first-order valence-corrected chi connectivity index (χ1v) is 3.79. The van der Waals surface area contributed by atoms with E-state index in [4.69, 9.17) is 5.11 Å². The maximum Gasteiger partial charge on any atom is 0.140 e. The highest BCUT2D eigenvalue weighted by atomic mass is 16.3. The molecule has 1 atom stereocenters. The number of Topliss-reactive ketones (excluding diaryl/α,β-unsaturated/α-hetero) is 1. The van der Waals surface area contributed by atoms with Crippen LogP contribution in [-0.2, 0) is 4.79 Å². The van der Waals surface area contributed by atoms with Crippen LogP contribution in [0, 0.1) is 5.41 Å². The standard InChI is InChI=1S/C8H16O3/c1-4-6(10)8(2,3)7(11)5-9/h7,9,11H,4-5H2,1-3H3. The quantitative estimate of drug-likeness (QED) is 0.623. The second-order valence-corrected chi connectivity index (χ2v) is 3.20. The van der Waals surface area contributed by atoms with E-state index < -0.39 is 11.5 Å². The Kier molecular flexibility index (Phi) is 3.69. The number of hydrogen-bond acceptors (Lipinski definition) is 3. The number of aliphatic hydroxyl groups is 2. The van der Waals surface area contributed by atoms with E-state index in [1.165, 1.54) is 0 Å². The van der Waals surface area contributed by atoms with E-state index in [1.807, 2.05) is 0 Å². The minimum Gasteiger partial charge on any atom is -0.394 e. The molecule has 0 saturated carbocycles. The van der Waals surface area contributed by atoms with Gasteiger partial charge in [-0.2, -0.15) is 0 Å². The molecule has 0 aromatic rings. The molecule has 0 aliphatic rings. The maximum atomic E-state index is 11.2. The molecule has 1 unspecified atom stereocenters. The third-order valence-electron chi connectivity index (χ3n) is 2.05.